The topological polar surface area (TPSA) is 12.9 Å². The number of benzene rings is 1. The van der Waals surface area contributed by atoms with Gasteiger partial charge in [-0.15, -0.1) is 5.54 Å². The van der Waals surface area contributed by atoms with E-state index in [0.717, 1.165) is 17.3 Å². The van der Waals surface area contributed by atoms with Crippen molar-refractivity contribution in [1.82, 2.24) is 4.98 Å². The third-order valence-corrected chi connectivity index (χ3v) is 4.72. The van der Waals surface area contributed by atoms with Crippen LogP contribution in [-0.4, -0.2) is 13.1 Å². The van der Waals surface area contributed by atoms with E-state index in [1.54, 1.807) is 0 Å². The van der Waals surface area contributed by atoms with E-state index in [0.29, 0.717) is 0 Å². The molecule has 0 N–H and O–H groups in total. The minimum absolute atomic E-state index is 1.01. The van der Waals surface area contributed by atoms with Gasteiger partial charge in [-0.25, -0.2) is 0 Å². The van der Waals surface area contributed by atoms with E-state index in [1.807, 2.05) is 36.5 Å². The molecule has 2 rings (SSSR count). The third kappa shape index (κ3) is 3.87. The van der Waals surface area contributed by atoms with E-state index in [1.165, 1.54) is 0 Å². The lowest BCUT2D eigenvalue weighted by Crippen LogP contribution is -2.28. The van der Waals surface area contributed by atoms with Crippen LogP contribution in [0.15, 0.2) is 54.7 Å². The molecule has 0 bridgehead atoms. The maximum Gasteiger partial charge on any atom is 0.138 e. The van der Waals surface area contributed by atoms with Gasteiger partial charge in [0, 0.05) is 17.5 Å². The fourth-order valence-electron chi connectivity index (χ4n) is 1.76. The molecule has 2 aromatic rings. The summed E-state index contributed by atoms with van der Waals surface area (Å²) in [6.07, 6.45) is 1.85. The summed E-state index contributed by atoms with van der Waals surface area (Å²) in [6.45, 7) is 4.58. The zero-order valence-electron chi connectivity index (χ0n) is 10.9. The zero-order valence-corrected chi connectivity index (χ0v) is 11.9. The predicted octanol–water partition coefficient (Wildman–Crippen LogP) is 3.46. The Kier molecular flexibility index (Phi) is 3.96. The average molecular weight is 251 g/mol. The van der Waals surface area contributed by atoms with Gasteiger partial charge in [-0.3, -0.25) is 4.98 Å². The second-order valence-corrected chi connectivity index (χ2v) is 9.37. The van der Waals surface area contributed by atoms with E-state index in [-0.39, 0.29) is 0 Å². The molecular weight excluding hydrogens is 234 g/mol. The number of hydrogen-bond donors (Lipinski definition) is 0. The van der Waals surface area contributed by atoms with Crippen LogP contribution in [0.4, 0.5) is 0 Å². The highest BCUT2D eigenvalue weighted by molar-refractivity contribution is 6.84. The molecule has 0 saturated carbocycles. The summed E-state index contributed by atoms with van der Waals surface area (Å²) >= 11 is 0. The first-order valence-corrected chi connectivity index (χ1v) is 9.35. The number of hydrogen-bond acceptors (Lipinski definition) is 1. The molecule has 0 aliphatic heterocycles. The SMILES string of the molecule is C[Si](C)(C#Cc1ccccc1)Cc1ccccn1. The summed E-state index contributed by atoms with van der Waals surface area (Å²) in [5, 5.41) is 0. The van der Waals surface area contributed by atoms with Crippen molar-refractivity contribution >= 4 is 8.07 Å². The van der Waals surface area contributed by atoms with Crippen molar-refractivity contribution < 1.29 is 0 Å². The Bertz CT molecular complexity index is 550. The van der Waals surface area contributed by atoms with E-state index in [2.05, 4.69) is 47.7 Å². The van der Waals surface area contributed by atoms with Crippen LogP contribution >= 0.6 is 0 Å². The monoisotopic (exact) mass is 251 g/mol. The number of aromatic nitrogens is 1. The summed E-state index contributed by atoms with van der Waals surface area (Å²) in [4.78, 5) is 4.39. The van der Waals surface area contributed by atoms with Crippen molar-refractivity contribution in [2.75, 3.05) is 0 Å². The Morgan fingerprint density at radius 3 is 2.39 bits per heavy atom. The first kappa shape index (κ1) is 12.6. The average Bonchev–Trinajstić information content (AvgIpc) is 2.38. The van der Waals surface area contributed by atoms with Crippen molar-refractivity contribution in [2.24, 2.45) is 0 Å². The van der Waals surface area contributed by atoms with Gasteiger partial charge in [0.1, 0.15) is 8.07 Å². The van der Waals surface area contributed by atoms with Gasteiger partial charge in [-0.1, -0.05) is 43.3 Å². The standard InChI is InChI=1S/C16H17NSi/c1-18(2,14-16-10-6-7-12-17-16)13-11-15-8-4-3-5-9-15/h3-10,12H,14H2,1-2H3. The second-order valence-electron chi connectivity index (χ2n) is 5.00. The maximum atomic E-state index is 4.39. The van der Waals surface area contributed by atoms with Crippen LogP contribution in [0, 0.1) is 11.5 Å². The molecule has 0 saturated heterocycles. The Hall–Kier alpha value is -1.85. The molecule has 1 aromatic carbocycles. The quantitative estimate of drug-likeness (QED) is 0.588. The molecule has 0 unspecified atom stereocenters. The highest BCUT2D eigenvalue weighted by Gasteiger charge is 2.19. The van der Waals surface area contributed by atoms with Crippen molar-refractivity contribution in [1.29, 1.82) is 0 Å². The van der Waals surface area contributed by atoms with Gasteiger partial charge < -0.3 is 0 Å². The Morgan fingerprint density at radius 2 is 1.72 bits per heavy atom. The zero-order chi connectivity index (χ0) is 12.8. The van der Waals surface area contributed by atoms with Gasteiger partial charge >= 0.3 is 0 Å². The van der Waals surface area contributed by atoms with Crippen LogP contribution in [0.1, 0.15) is 11.3 Å². The van der Waals surface area contributed by atoms with E-state index in [9.17, 15) is 0 Å². The molecule has 0 atom stereocenters. The van der Waals surface area contributed by atoms with Gasteiger partial charge in [0.2, 0.25) is 0 Å². The molecule has 2 heteroatoms. The lowest BCUT2D eigenvalue weighted by atomic mass is 10.2. The van der Waals surface area contributed by atoms with Crippen molar-refractivity contribution in [3.63, 3.8) is 0 Å². The third-order valence-electron chi connectivity index (χ3n) is 2.67. The molecule has 90 valence electrons. The fraction of sp³-hybridized carbons (Fsp3) is 0.188. The highest BCUT2D eigenvalue weighted by atomic mass is 28.3. The number of rotatable bonds is 2. The van der Waals surface area contributed by atoms with Crippen LogP contribution < -0.4 is 0 Å². The van der Waals surface area contributed by atoms with Crippen molar-refractivity contribution in [3.05, 3.63) is 66.0 Å². The lowest BCUT2D eigenvalue weighted by Gasteiger charge is -2.13. The molecule has 18 heavy (non-hydrogen) atoms. The van der Waals surface area contributed by atoms with Gasteiger partial charge in [0.25, 0.3) is 0 Å². The van der Waals surface area contributed by atoms with Crippen molar-refractivity contribution in [2.45, 2.75) is 19.1 Å². The largest absolute Gasteiger partial charge is 0.262 e. The van der Waals surface area contributed by atoms with Crippen LogP contribution in [0.5, 0.6) is 0 Å². The normalized spacial score (nSPS) is 10.6. The van der Waals surface area contributed by atoms with Gasteiger partial charge in [-0.2, -0.15) is 0 Å². The Balaban J connectivity index is 2.11. The molecule has 0 aliphatic carbocycles. The molecule has 0 fully saturated rings. The second kappa shape index (κ2) is 5.66. The van der Waals surface area contributed by atoms with Gasteiger partial charge in [0.05, 0.1) is 0 Å². The minimum Gasteiger partial charge on any atom is -0.262 e. The van der Waals surface area contributed by atoms with E-state index < -0.39 is 8.07 Å². The molecule has 0 amide bonds. The van der Waals surface area contributed by atoms with E-state index in [4.69, 9.17) is 0 Å². The van der Waals surface area contributed by atoms with Crippen LogP contribution in [0.25, 0.3) is 0 Å². The molecule has 1 nitrogen and oxygen atoms in total. The Morgan fingerprint density at radius 1 is 1.00 bits per heavy atom. The summed E-state index contributed by atoms with van der Waals surface area (Å²) in [7, 11) is -1.55. The molecule has 1 aromatic heterocycles. The maximum absolute atomic E-state index is 4.39. The summed E-state index contributed by atoms with van der Waals surface area (Å²) < 4.78 is 0. The molecular formula is C16H17NSi. The smallest absolute Gasteiger partial charge is 0.138 e. The van der Waals surface area contributed by atoms with Crippen LogP contribution in [0.3, 0.4) is 0 Å². The first-order chi connectivity index (χ1) is 8.66. The van der Waals surface area contributed by atoms with Crippen LogP contribution in [0.2, 0.25) is 13.1 Å². The van der Waals surface area contributed by atoms with Gasteiger partial charge in [0.15, 0.2) is 0 Å². The highest BCUT2D eigenvalue weighted by Crippen LogP contribution is 2.09. The van der Waals surface area contributed by atoms with E-state index >= 15 is 0 Å². The lowest BCUT2D eigenvalue weighted by molar-refractivity contribution is 1.14. The summed E-state index contributed by atoms with van der Waals surface area (Å²) in [6, 6.07) is 17.3. The Labute approximate surface area is 110 Å². The minimum atomic E-state index is -1.55. The molecule has 0 radical (unpaired) electrons. The first-order valence-electron chi connectivity index (χ1n) is 6.14. The fourth-order valence-corrected chi connectivity index (χ4v) is 3.45. The summed E-state index contributed by atoms with van der Waals surface area (Å²) in [5.41, 5.74) is 5.72. The van der Waals surface area contributed by atoms with Gasteiger partial charge in [-0.05, 0) is 30.3 Å². The molecule has 1 heterocycles. The molecule has 0 spiro atoms. The van der Waals surface area contributed by atoms with Crippen molar-refractivity contribution in [3.8, 4) is 11.5 Å². The number of nitrogens with zero attached hydrogens (tertiary/aromatic N) is 1. The number of pyridine rings is 1. The summed E-state index contributed by atoms with van der Waals surface area (Å²) in [5.74, 6) is 3.29. The van der Waals surface area contributed by atoms with Crippen LogP contribution in [-0.2, 0) is 6.04 Å². The predicted molar refractivity (Wildman–Crippen MR) is 78.7 cm³/mol. The molecule has 0 aliphatic rings.